The number of primary amides is 4. The van der Waals surface area contributed by atoms with Crippen molar-refractivity contribution >= 4 is 93.7 Å². The summed E-state index contributed by atoms with van der Waals surface area (Å²) in [7, 11) is 0. The summed E-state index contributed by atoms with van der Waals surface area (Å²) in [5, 5.41) is 37.0. The number of aromatic nitrogens is 1. The number of likely N-dealkylation sites (tertiary alicyclic amines) is 1. The van der Waals surface area contributed by atoms with Crippen LogP contribution in [0.3, 0.4) is 0 Å². The molecule has 3 rings (SSSR count). The number of benzene rings is 1. The molecule has 0 bridgehead atoms. The molecule has 0 spiro atoms. The SMILES string of the molecule is CC(C)C[C@H](NC(=O)[C@@H]1CCCN1C(=O)[C@H](Cc1c[nH]c2ccccc12)NC(=O)[C@H](CC(N)=O)NC(=O)[C@H](CC(N)=O)NC(=O)[C@H](CCCN=C(N)N)NC(=O)[C@H](CCC(N)=O)NC(=O)[C@@H](N)CCC(N)=O)C(=O)N[C@H](C(=O)O)[C@@H](C)O. The zero-order valence-electron chi connectivity index (χ0n) is 45.8. The van der Waals surface area contributed by atoms with Gasteiger partial charge in [-0.2, -0.15) is 0 Å². The maximum absolute atomic E-state index is 14.8. The number of aliphatic imine (C=N–C) groups is 1. The van der Waals surface area contributed by atoms with Gasteiger partial charge in [-0.05, 0) is 69.4 Å². The van der Waals surface area contributed by atoms with Crippen molar-refractivity contribution in [1.29, 1.82) is 0 Å². The molecular formula is C50H77N17O15. The molecular weight excluding hydrogens is 1080 g/mol. The Balaban J connectivity index is 1.99. The van der Waals surface area contributed by atoms with Gasteiger partial charge in [-0.15, -0.1) is 0 Å². The summed E-state index contributed by atoms with van der Waals surface area (Å²) in [6.07, 6.45) is -3.32. The number of nitrogens with two attached hydrogens (primary N) is 7. The molecule has 2 heterocycles. The minimum Gasteiger partial charge on any atom is -0.480 e. The summed E-state index contributed by atoms with van der Waals surface area (Å²) in [4.78, 5) is 180. The van der Waals surface area contributed by atoms with Crippen LogP contribution < -0.4 is 77.4 Å². The Kier molecular flexibility index (Phi) is 26.6. The van der Waals surface area contributed by atoms with Crippen LogP contribution in [0.4, 0.5) is 0 Å². The van der Waals surface area contributed by atoms with Crippen molar-refractivity contribution in [3.05, 3.63) is 36.0 Å². The van der Waals surface area contributed by atoms with Crippen LogP contribution in [0.1, 0.15) is 97.0 Å². The first-order valence-electron chi connectivity index (χ1n) is 26.3. The van der Waals surface area contributed by atoms with Crippen molar-refractivity contribution in [2.24, 2.45) is 51.0 Å². The molecule has 452 valence electrons. The van der Waals surface area contributed by atoms with E-state index in [-0.39, 0.29) is 76.3 Å². The molecule has 32 heteroatoms. The van der Waals surface area contributed by atoms with Gasteiger partial charge in [0.2, 0.25) is 70.9 Å². The normalized spacial score (nSPS) is 16.3. The Labute approximate surface area is 470 Å². The Morgan fingerprint density at radius 2 is 1.16 bits per heavy atom. The van der Waals surface area contributed by atoms with Crippen molar-refractivity contribution in [2.45, 2.75) is 158 Å². The topological polar surface area (TPSA) is 560 Å². The number of carboxylic acids is 1. The number of fused-ring (bicyclic) bond motifs is 1. The van der Waals surface area contributed by atoms with Gasteiger partial charge in [-0.3, -0.25) is 62.5 Å². The first-order chi connectivity index (χ1) is 38.5. The second-order valence-corrected chi connectivity index (χ2v) is 20.2. The Hall–Kier alpha value is -8.94. The summed E-state index contributed by atoms with van der Waals surface area (Å²) in [6, 6.07) is -7.28. The number of aromatic amines is 1. The van der Waals surface area contributed by atoms with Gasteiger partial charge in [0.15, 0.2) is 12.0 Å². The largest absolute Gasteiger partial charge is 0.480 e. The predicted molar refractivity (Wildman–Crippen MR) is 291 cm³/mol. The third-order valence-corrected chi connectivity index (χ3v) is 12.9. The Morgan fingerprint density at radius 3 is 1.70 bits per heavy atom. The number of carboxylic acid groups (broad SMARTS) is 1. The van der Waals surface area contributed by atoms with Crippen LogP contribution in [0.15, 0.2) is 35.5 Å². The molecule has 1 aromatic carbocycles. The zero-order chi connectivity index (χ0) is 61.5. The first-order valence-corrected chi connectivity index (χ1v) is 26.3. The second-order valence-electron chi connectivity index (χ2n) is 20.2. The molecule has 0 saturated carbocycles. The number of hydrogen-bond acceptors (Lipinski definition) is 16. The highest BCUT2D eigenvalue weighted by molar-refractivity contribution is 6.00. The molecule has 1 aliphatic rings. The van der Waals surface area contributed by atoms with Gasteiger partial charge in [-0.25, -0.2) is 4.79 Å². The molecule has 1 saturated heterocycles. The number of H-pyrrole nitrogens is 1. The van der Waals surface area contributed by atoms with Gasteiger partial charge < -0.3 is 97.5 Å². The summed E-state index contributed by atoms with van der Waals surface area (Å²) < 4.78 is 0. The van der Waals surface area contributed by atoms with E-state index in [1.807, 2.05) is 0 Å². The number of aliphatic carboxylic acids is 1. The molecule has 32 nitrogen and oxygen atoms in total. The number of carbonyl (C=O) groups excluding carboxylic acids is 12. The van der Waals surface area contributed by atoms with Gasteiger partial charge in [0.1, 0.15) is 42.3 Å². The summed E-state index contributed by atoms with van der Waals surface area (Å²) in [5.41, 5.74) is 39.4. The molecule has 0 radical (unpaired) electrons. The lowest BCUT2D eigenvalue weighted by Gasteiger charge is -2.31. The molecule has 1 aliphatic heterocycles. The number of aliphatic hydroxyl groups is 1. The van der Waals surface area contributed by atoms with E-state index in [9.17, 15) is 72.5 Å². The molecule has 24 N–H and O–H groups in total. The van der Waals surface area contributed by atoms with Crippen molar-refractivity contribution < 1.29 is 72.5 Å². The number of aliphatic hydroxyl groups excluding tert-OH is 1. The highest BCUT2D eigenvalue weighted by Gasteiger charge is 2.41. The third kappa shape index (κ3) is 21.9. The van der Waals surface area contributed by atoms with Crippen LogP contribution in [-0.4, -0.2) is 176 Å². The number of hydrogen-bond donors (Lipinski definition) is 17. The van der Waals surface area contributed by atoms with E-state index in [2.05, 4.69) is 47.2 Å². The van der Waals surface area contributed by atoms with Gasteiger partial charge in [0.05, 0.1) is 25.0 Å². The van der Waals surface area contributed by atoms with Crippen LogP contribution >= 0.6 is 0 Å². The van der Waals surface area contributed by atoms with Gasteiger partial charge in [-0.1, -0.05) is 32.0 Å². The number of guanidine groups is 1. The lowest BCUT2D eigenvalue weighted by atomic mass is 10.0. The monoisotopic (exact) mass is 1160 g/mol. The second kappa shape index (κ2) is 32.3. The maximum atomic E-state index is 14.8. The molecule has 2 aromatic rings. The molecule has 12 amide bonds. The van der Waals surface area contributed by atoms with E-state index in [1.54, 1.807) is 44.3 Å². The van der Waals surface area contributed by atoms with E-state index in [0.717, 1.165) is 6.92 Å². The number of nitrogens with one attached hydrogen (secondary N) is 8. The third-order valence-electron chi connectivity index (χ3n) is 12.9. The molecule has 1 fully saturated rings. The number of amides is 12. The predicted octanol–water partition coefficient (Wildman–Crippen LogP) is -6.73. The lowest BCUT2D eigenvalue weighted by Crippen LogP contribution is -2.61. The van der Waals surface area contributed by atoms with Gasteiger partial charge in [0.25, 0.3) is 0 Å². The molecule has 82 heavy (non-hydrogen) atoms. The Morgan fingerprint density at radius 1 is 0.646 bits per heavy atom. The zero-order valence-corrected chi connectivity index (χ0v) is 45.8. The van der Waals surface area contributed by atoms with Crippen LogP contribution in [0, 0.1) is 5.92 Å². The van der Waals surface area contributed by atoms with E-state index in [0.29, 0.717) is 16.5 Å². The van der Waals surface area contributed by atoms with Crippen LogP contribution in [0.2, 0.25) is 0 Å². The number of carbonyl (C=O) groups is 13. The van der Waals surface area contributed by atoms with Crippen LogP contribution in [0.5, 0.6) is 0 Å². The standard InChI is InChI=1S/C50H77N17O15/c1-23(2)18-31(46(78)66-40(24(3)68)49(81)82)64-47(79)35-11-7-17-67(35)48(80)34(19-25-22-59-28-9-5-4-8-26(25)28)65-45(77)33(21-39(55)72)63-44(76)32(20-38(54)71)62-42(74)29(10-6-16-58-50(56)57)61-43(75)30(13-15-37(53)70)60-41(73)27(51)12-14-36(52)69/h4-5,8-9,22-24,27,29-35,40,59,68H,6-7,10-21,51H2,1-3H3,(H2,52,69)(H2,53,70)(H2,54,71)(H2,55,72)(H,60,73)(H,61,75)(H,62,74)(H,63,76)(H,64,79)(H,65,77)(H,66,78)(H,81,82)(H4,56,57,58)/t24-,27+,29+,30+,31+,32+,33+,34+,35+,40+/m1/s1. The smallest absolute Gasteiger partial charge is 0.328 e. The quantitative estimate of drug-likeness (QED) is 0.0173. The Bertz CT molecular complexity index is 2690. The summed E-state index contributed by atoms with van der Waals surface area (Å²) in [6.45, 7) is 4.53. The molecule has 0 unspecified atom stereocenters. The average molecular weight is 1160 g/mol. The van der Waals surface area contributed by atoms with Crippen molar-refractivity contribution in [3.63, 3.8) is 0 Å². The summed E-state index contributed by atoms with van der Waals surface area (Å²) in [5.74, 6) is -14.2. The van der Waals surface area contributed by atoms with Crippen molar-refractivity contribution in [1.82, 2.24) is 47.1 Å². The maximum Gasteiger partial charge on any atom is 0.328 e. The highest BCUT2D eigenvalue weighted by Crippen LogP contribution is 2.24. The fourth-order valence-corrected chi connectivity index (χ4v) is 8.78. The van der Waals surface area contributed by atoms with Crippen LogP contribution in [-0.2, 0) is 68.7 Å². The fourth-order valence-electron chi connectivity index (χ4n) is 8.78. The van der Waals surface area contributed by atoms with Crippen molar-refractivity contribution in [3.8, 4) is 0 Å². The van der Waals surface area contributed by atoms with E-state index in [1.165, 1.54) is 4.90 Å². The highest BCUT2D eigenvalue weighted by atomic mass is 16.4. The van der Waals surface area contributed by atoms with E-state index in [4.69, 9.17) is 40.1 Å². The number of nitrogens with zero attached hydrogens (tertiary/aromatic N) is 2. The molecule has 10 atom stereocenters. The van der Waals surface area contributed by atoms with Gasteiger partial charge in [0, 0.05) is 49.5 Å². The fraction of sp³-hybridized carbons (Fsp3) is 0.560. The molecule has 1 aromatic heterocycles. The minimum atomic E-state index is -1.95. The van der Waals surface area contributed by atoms with E-state index < -0.39 is 163 Å². The van der Waals surface area contributed by atoms with Gasteiger partial charge >= 0.3 is 5.97 Å². The van der Waals surface area contributed by atoms with E-state index >= 15 is 0 Å². The number of para-hydroxylation sites is 1. The minimum absolute atomic E-state index is 0.0169. The van der Waals surface area contributed by atoms with Crippen molar-refractivity contribution in [2.75, 3.05) is 13.1 Å². The number of rotatable bonds is 35. The summed E-state index contributed by atoms with van der Waals surface area (Å²) >= 11 is 0. The van der Waals surface area contributed by atoms with Crippen LogP contribution in [0.25, 0.3) is 10.9 Å². The lowest BCUT2D eigenvalue weighted by molar-refractivity contribution is -0.146. The average Bonchev–Trinajstić information content (AvgIpc) is 4.20. The molecule has 0 aliphatic carbocycles. The first kappa shape index (κ1) is 67.3.